The quantitative estimate of drug-likeness (QED) is 0.442. The summed E-state index contributed by atoms with van der Waals surface area (Å²) >= 11 is 2.26. The molecule has 0 heterocycles. The normalized spacial score (nSPS) is 11.1. The average Bonchev–Trinajstić information content (AvgIpc) is 2.36. The van der Waals surface area contributed by atoms with Crippen LogP contribution in [-0.2, 0) is 15.1 Å². The molecule has 0 saturated carbocycles. The molecule has 0 aliphatic heterocycles. The number of rotatable bonds is 5. The van der Waals surface area contributed by atoms with Crippen LogP contribution < -0.4 is 0 Å². The summed E-state index contributed by atoms with van der Waals surface area (Å²) in [6, 6.07) is 8.12. The first-order valence-electron chi connectivity index (χ1n) is 6.10. The molecule has 1 aromatic carbocycles. The standard InChI is InChI=1S/C15H19IO2/c1-5-15(6-2,18-14(17)11(3)4)12-7-9-13(16)10-8-12/h7-10H,3,5-6H2,1-2,4H3. The van der Waals surface area contributed by atoms with Crippen molar-refractivity contribution >= 4 is 28.6 Å². The van der Waals surface area contributed by atoms with Crippen molar-refractivity contribution in [2.24, 2.45) is 0 Å². The number of hydrogen-bond acceptors (Lipinski definition) is 2. The van der Waals surface area contributed by atoms with E-state index in [0.717, 1.165) is 18.4 Å². The Labute approximate surface area is 123 Å². The molecule has 0 radical (unpaired) electrons. The summed E-state index contributed by atoms with van der Waals surface area (Å²) < 4.78 is 6.85. The van der Waals surface area contributed by atoms with Gasteiger partial charge in [0.25, 0.3) is 0 Å². The van der Waals surface area contributed by atoms with E-state index in [2.05, 4.69) is 29.2 Å². The van der Waals surface area contributed by atoms with E-state index in [9.17, 15) is 4.79 Å². The van der Waals surface area contributed by atoms with Gasteiger partial charge in [0, 0.05) is 9.14 Å². The number of esters is 1. The molecule has 0 aromatic heterocycles. The molecular weight excluding hydrogens is 339 g/mol. The predicted octanol–water partition coefficient (Wildman–Crippen LogP) is 4.43. The van der Waals surface area contributed by atoms with E-state index in [1.807, 2.05) is 38.1 Å². The second kappa shape index (κ2) is 6.36. The van der Waals surface area contributed by atoms with Crippen molar-refractivity contribution in [2.75, 3.05) is 0 Å². The van der Waals surface area contributed by atoms with Crippen LogP contribution in [-0.4, -0.2) is 5.97 Å². The minimum Gasteiger partial charge on any atom is -0.451 e. The van der Waals surface area contributed by atoms with Gasteiger partial charge in [0.05, 0.1) is 0 Å². The van der Waals surface area contributed by atoms with Gasteiger partial charge in [-0.2, -0.15) is 0 Å². The third-order valence-electron chi connectivity index (χ3n) is 3.15. The van der Waals surface area contributed by atoms with Crippen molar-refractivity contribution in [3.05, 3.63) is 45.6 Å². The van der Waals surface area contributed by atoms with Crippen LogP contribution in [0.5, 0.6) is 0 Å². The Balaban J connectivity index is 3.10. The molecule has 0 atom stereocenters. The third-order valence-corrected chi connectivity index (χ3v) is 3.87. The van der Waals surface area contributed by atoms with Crippen molar-refractivity contribution in [1.82, 2.24) is 0 Å². The smallest absolute Gasteiger partial charge is 0.333 e. The maximum atomic E-state index is 11.8. The van der Waals surface area contributed by atoms with Gasteiger partial charge in [0.15, 0.2) is 0 Å². The number of benzene rings is 1. The Bertz CT molecular complexity index is 430. The molecule has 0 spiro atoms. The number of carbonyl (C=O) groups excluding carboxylic acids is 1. The number of halogens is 1. The summed E-state index contributed by atoms with van der Waals surface area (Å²) in [5.41, 5.74) is 0.940. The molecule has 0 N–H and O–H groups in total. The fraction of sp³-hybridized carbons (Fsp3) is 0.400. The van der Waals surface area contributed by atoms with Crippen molar-refractivity contribution in [3.63, 3.8) is 0 Å². The van der Waals surface area contributed by atoms with Crippen LogP contribution >= 0.6 is 22.6 Å². The lowest BCUT2D eigenvalue weighted by Gasteiger charge is -2.32. The van der Waals surface area contributed by atoms with Crippen molar-refractivity contribution in [3.8, 4) is 0 Å². The molecule has 0 amide bonds. The number of carbonyl (C=O) groups is 1. The molecule has 0 bridgehead atoms. The van der Waals surface area contributed by atoms with Gasteiger partial charge in [0.1, 0.15) is 5.60 Å². The van der Waals surface area contributed by atoms with Gasteiger partial charge in [-0.05, 0) is 60.1 Å². The van der Waals surface area contributed by atoms with Crippen LogP contribution in [0.15, 0.2) is 36.4 Å². The predicted molar refractivity (Wildman–Crippen MR) is 82.3 cm³/mol. The number of hydrogen-bond donors (Lipinski definition) is 0. The lowest BCUT2D eigenvalue weighted by molar-refractivity contribution is -0.157. The summed E-state index contributed by atoms with van der Waals surface area (Å²) in [6.07, 6.45) is 1.51. The SMILES string of the molecule is C=C(C)C(=O)OC(CC)(CC)c1ccc(I)cc1. The Hall–Kier alpha value is -0.840. The highest BCUT2D eigenvalue weighted by Gasteiger charge is 2.32. The monoisotopic (exact) mass is 358 g/mol. The zero-order valence-corrected chi connectivity index (χ0v) is 13.3. The fourth-order valence-corrected chi connectivity index (χ4v) is 2.24. The van der Waals surface area contributed by atoms with Crippen LogP contribution in [0.25, 0.3) is 0 Å². The minimum atomic E-state index is -0.541. The van der Waals surface area contributed by atoms with Gasteiger partial charge in [-0.3, -0.25) is 0 Å². The van der Waals surface area contributed by atoms with Crippen LogP contribution in [0, 0.1) is 3.57 Å². The van der Waals surface area contributed by atoms with E-state index in [0.29, 0.717) is 5.57 Å². The maximum Gasteiger partial charge on any atom is 0.333 e. The van der Waals surface area contributed by atoms with E-state index in [1.165, 1.54) is 3.57 Å². The van der Waals surface area contributed by atoms with E-state index in [1.54, 1.807) is 6.92 Å². The summed E-state index contributed by atoms with van der Waals surface area (Å²) in [4.78, 5) is 11.8. The lowest BCUT2D eigenvalue weighted by Crippen LogP contribution is -2.31. The average molecular weight is 358 g/mol. The molecule has 2 nitrogen and oxygen atoms in total. The summed E-state index contributed by atoms with van der Waals surface area (Å²) in [7, 11) is 0. The van der Waals surface area contributed by atoms with E-state index < -0.39 is 5.60 Å². The first-order chi connectivity index (χ1) is 8.45. The highest BCUT2D eigenvalue weighted by atomic mass is 127. The highest BCUT2D eigenvalue weighted by molar-refractivity contribution is 14.1. The van der Waals surface area contributed by atoms with Gasteiger partial charge in [0.2, 0.25) is 0 Å². The molecule has 3 heteroatoms. The zero-order valence-electron chi connectivity index (χ0n) is 11.1. The van der Waals surface area contributed by atoms with Crippen LogP contribution in [0.3, 0.4) is 0 Å². The first-order valence-corrected chi connectivity index (χ1v) is 7.18. The van der Waals surface area contributed by atoms with Crippen LogP contribution in [0.2, 0.25) is 0 Å². The molecule has 0 fully saturated rings. The summed E-state index contributed by atoms with van der Waals surface area (Å²) in [6.45, 7) is 9.38. The topological polar surface area (TPSA) is 26.3 Å². The molecule has 0 aliphatic rings. The fourth-order valence-electron chi connectivity index (χ4n) is 1.88. The van der Waals surface area contributed by atoms with Gasteiger partial charge in [-0.25, -0.2) is 4.79 Å². The second-order valence-corrected chi connectivity index (χ2v) is 5.62. The molecule has 1 rings (SSSR count). The van der Waals surface area contributed by atoms with Crippen LogP contribution in [0.1, 0.15) is 39.2 Å². The highest BCUT2D eigenvalue weighted by Crippen LogP contribution is 2.34. The van der Waals surface area contributed by atoms with Crippen molar-refractivity contribution < 1.29 is 9.53 Å². The Kier molecular flexibility index (Phi) is 5.38. The Morgan fingerprint density at radius 1 is 1.28 bits per heavy atom. The molecule has 18 heavy (non-hydrogen) atoms. The lowest BCUT2D eigenvalue weighted by atomic mass is 9.88. The molecule has 0 saturated heterocycles. The van der Waals surface area contributed by atoms with E-state index in [4.69, 9.17) is 4.74 Å². The van der Waals surface area contributed by atoms with Crippen molar-refractivity contribution in [2.45, 2.75) is 39.2 Å². The zero-order chi connectivity index (χ0) is 13.8. The van der Waals surface area contributed by atoms with Crippen molar-refractivity contribution in [1.29, 1.82) is 0 Å². The molecule has 98 valence electrons. The van der Waals surface area contributed by atoms with Gasteiger partial charge in [-0.1, -0.05) is 32.6 Å². The third kappa shape index (κ3) is 3.34. The Morgan fingerprint density at radius 3 is 2.17 bits per heavy atom. The van der Waals surface area contributed by atoms with Gasteiger partial charge < -0.3 is 4.74 Å². The van der Waals surface area contributed by atoms with Gasteiger partial charge in [-0.15, -0.1) is 0 Å². The number of ether oxygens (including phenoxy) is 1. The molecular formula is C15H19IO2. The summed E-state index contributed by atoms with van der Waals surface area (Å²) in [5.74, 6) is -0.322. The van der Waals surface area contributed by atoms with Gasteiger partial charge >= 0.3 is 5.97 Å². The van der Waals surface area contributed by atoms with E-state index >= 15 is 0 Å². The Morgan fingerprint density at radius 2 is 1.78 bits per heavy atom. The molecule has 0 unspecified atom stereocenters. The molecule has 0 aliphatic carbocycles. The van der Waals surface area contributed by atoms with E-state index in [-0.39, 0.29) is 5.97 Å². The minimum absolute atomic E-state index is 0.322. The largest absolute Gasteiger partial charge is 0.451 e. The maximum absolute atomic E-state index is 11.8. The van der Waals surface area contributed by atoms with Crippen LogP contribution in [0.4, 0.5) is 0 Å². The first kappa shape index (κ1) is 15.2. The summed E-state index contributed by atoms with van der Waals surface area (Å²) in [5, 5.41) is 0. The molecule has 1 aromatic rings. The second-order valence-electron chi connectivity index (χ2n) is 4.38.